The van der Waals surface area contributed by atoms with E-state index >= 15 is 0 Å². The molecule has 0 fully saturated rings. The van der Waals surface area contributed by atoms with E-state index < -0.39 is 6.09 Å². The Labute approximate surface area is 156 Å². The molecule has 1 aromatic heterocycles. The van der Waals surface area contributed by atoms with Crippen LogP contribution in [0.15, 0.2) is 48.7 Å². The quantitative estimate of drug-likeness (QED) is 0.702. The van der Waals surface area contributed by atoms with Gasteiger partial charge < -0.3 is 15.2 Å². The lowest BCUT2D eigenvalue weighted by Gasteiger charge is -2.08. The molecule has 0 spiro atoms. The van der Waals surface area contributed by atoms with Crippen molar-refractivity contribution in [3.63, 3.8) is 0 Å². The second-order valence-corrected chi connectivity index (χ2v) is 6.17. The van der Waals surface area contributed by atoms with Gasteiger partial charge in [0.15, 0.2) is 0 Å². The van der Waals surface area contributed by atoms with E-state index in [2.05, 4.69) is 10.4 Å². The fourth-order valence-corrected chi connectivity index (χ4v) is 2.86. The SMILES string of the molecule is COc1ccc(-n2ccc(-c3ccc(C)c(CNC(=O)O)c3)n2)c(Cl)c1. The average molecular weight is 372 g/mol. The third kappa shape index (κ3) is 3.81. The molecule has 0 aliphatic rings. The van der Waals surface area contributed by atoms with Crippen molar-refractivity contribution in [2.75, 3.05) is 7.11 Å². The van der Waals surface area contributed by atoms with Gasteiger partial charge in [0.2, 0.25) is 0 Å². The van der Waals surface area contributed by atoms with Crippen molar-refractivity contribution in [3.05, 3.63) is 64.8 Å². The van der Waals surface area contributed by atoms with E-state index in [4.69, 9.17) is 21.4 Å². The molecule has 6 nitrogen and oxygen atoms in total. The van der Waals surface area contributed by atoms with E-state index in [9.17, 15) is 4.79 Å². The highest BCUT2D eigenvalue weighted by Crippen LogP contribution is 2.27. The standard InChI is InChI=1S/C19H18ClN3O3/c1-12-3-4-13(9-14(12)11-21-19(24)25)17-7-8-23(22-17)18-6-5-15(26-2)10-16(18)20/h3-10,21H,11H2,1-2H3,(H,24,25). The minimum Gasteiger partial charge on any atom is -0.497 e. The van der Waals surface area contributed by atoms with Crippen LogP contribution in [0, 0.1) is 6.92 Å². The first-order chi connectivity index (χ1) is 12.5. The molecule has 0 unspecified atom stereocenters. The van der Waals surface area contributed by atoms with Gasteiger partial charge in [0, 0.05) is 24.4 Å². The molecule has 0 saturated heterocycles. The van der Waals surface area contributed by atoms with E-state index in [0.29, 0.717) is 10.8 Å². The van der Waals surface area contributed by atoms with E-state index in [1.165, 1.54) is 0 Å². The zero-order valence-corrected chi connectivity index (χ0v) is 15.1. The van der Waals surface area contributed by atoms with Crippen LogP contribution in [0.2, 0.25) is 5.02 Å². The van der Waals surface area contributed by atoms with Gasteiger partial charge in [0.1, 0.15) is 5.75 Å². The Morgan fingerprint density at radius 3 is 2.77 bits per heavy atom. The largest absolute Gasteiger partial charge is 0.497 e. The van der Waals surface area contributed by atoms with Gasteiger partial charge in [0.05, 0.1) is 23.5 Å². The normalized spacial score (nSPS) is 10.6. The molecule has 2 N–H and O–H groups in total. The van der Waals surface area contributed by atoms with Gasteiger partial charge in [-0.25, -0.2) is 9.48 Å². The fourth-order valence-electron chi connectivity index (χ4n) is 2.60. The van der Waals surface area contributed by atoms with Crippen LogP contribution in [0.5, 0.6) is 5.75 Å². The summed E-state index contributed by atoms with van der Waals surface area (Å²) >= 11 is 6.31. The highest BCUT2D eigenvalue weighted by atomic mass is 35.5. The molecular weight excluding hydrogens is 354 g/mol. The molecule has 0 radical (unpaired) electrons. The predicted molar refractivity (Wildman–Crippen MR) is 100 cm³/mol. The minimum absolute atomic E-state index is 0.250. The zero-order valence-electron chi connectivity index (χ0n) is 14.4. The van der Waals surface area contributed by atoms with Crippen LogP contribution in [0.4, 0.5) is 4.79 Å². The maximum atomic E-state index is 10.7. The number of hydrogen-bond donors (Lipinski definition) is 2. The Morgan fingerprint density at radius 1 is 1.27 bits per heavy atom. The topological polar surface area (TPSA) is 76.4 Å². The molecule has 7 heteroatoms. The van der Waals surface area contributed by atoms with E-state index in [1.807, 2.05) is 49.5 Å². The van der Waals surface area contributed by atoms with Crippen molar-refractivity contribution in [2.24, 2.45) is 0 Å². The summed E-state index contributed by atoms with van der Waals surface area (Å²) in [6.45, 7) is 2.19. The van der Waals surface area contributed by atoms with E-state index in [0.717, 1.165) is 28.1 Å². The molecule has 134 valence electrons. The molecule has 1 amide bonds. The van der Waals surface area contributed by atoms with Crippen molar-refractivity contribution >= 4 is 17.7 Å². The predicted octanol–water partition coefficient (Wildman–Crippen LogP) is 4.28. The Morgan fingerprint density at radius 2 is 2.08 bits per heavy atom. The molecule has 26 heavy (non-hydrogen) atoms. The molecule has 0 aliphatic carbocycles. The summed E-state index contributed by atoms with van der Waals surface area (Å²) in [5.74, 6) is 0.681. The second-order valence-electron chi connectivity index (χ2n) is 5.76. The number of methoxy groups -OCH3 is 1. The second kappa shape index (κ2) is 7.49. The number of aromatic nitrogens is 2. The van der Waals surface area contributed by atoms with Crippen molar-refractivity contribution in [3.8, 4) is 22.7 Å². The maximum absolute atomic E-state index is 10.7. The summed E-state index contributed by atoms with van der Waals surface area (Å²) < 4.78 is 6.86. The first kappa shape index (κ1) is 17.8. The van der Waals surface area contributed by atoms with E-state index in [-0.39, 0.29) is 6.54 Å². The van der Waals surface area contributed by atoms with Crippen LogP contribution in [0.25, 0.3) is 16.9 Å². The zero-order chi connectivity index (χ0) is 18.7. The number of nitrogens with zero attached hydrogens (tertiary/aromatic N) is 2. The van der Waals surface area contributed by atoms with Crippen molar-refractivity contribution < 1.29 is 14.6 Å². The van der Waals surface area contributed by atoms with Crippen LogP contribution in [0.3, 0.4) is 0 Å². The highest BCUT2D eigenvalue weighted by Gasteiger charge is 2.10. The number of carboxylic acid groups (broad SMARTS) is 1. The Balaban J connectivity index is 1.90. The number of aryl methyl sites for hydroxylation is 1. The molecule has 0 saturated carbocycles. The van der Waals surface area contributed by atoms with Gasteiger partial charge in [-0.2, -0.15) is 5.10 Å². The fraction of sp³-hybridized carbons (Fsp3) is 0.158. The lowest BCUT2D eigenvalue weighted by Crippen LogP contribution is -2.20. The van der Waals surface area contributed by atoms with Gasteiger partial charge in [-0.15, -0.1) is 0 Å². The number of ether oxygens (including phenoxy) is 1. The molecule has 0 bridgehead atoms. The van der Waals surface area contributed by atoms with Crippen LogP contribution in [-0.2, 0) is 6.54 Å². The Bertz CT molecular complexity index is 953. The summed E-state index contributed by atoms with van der Waals surface area (Å²) in [7, 11) is 1.59. The van der Waals surface area contributed by atoms with Crippen molar-refractivity contribution in [1.82, 2.24) is 15.1 Å². The van der Waals surface area contributed by atoms with Gasteiger partial charge in [-0.1, -0.05) is 23.7 Å². The molecular formula is C19H18ClN3O3. The number of benzene rings is 2. The van der Waals surface area contributed by atoms with Crippen LogP contribution in [0.1, 0.15) is 11.1 Å². The van der Waals surface area contributed by atoms with Gasteiger partial charge >= 0.3 is 6.09 Å². The lowest BCUT2D eigenvalue weighted by atomic mass is 10.0. The lowest BCUT2D eigenvalue weighted by molar-refractivity contribution is 0.194. The number of rotatable bonds is 5. The molecule has 0 aliphatic heterocycles. The smallest absolute Gasteiger partial charge is 0.404 e. The van der Waals surface area contributed by atoms with Crippen molar-refractivity contribution in [1.29, 1.82) is 0 Å². The number of nitrogens with one attached hydrogen (secondary N) is 1. The maximum Gasteiger partial charge on any atom is 0.404 e. The van der Waals surface area contributed by atoms with Crippen LogP contribution >= 0.6 is 11.6 Å². The number of hydrogen-bond acceptors (Lipinski definition) is 3. The van der Waals surface area contributed by atoms with Crippen LogP contribution in [-0.4, -0.2) is 28.1 Å². The average Bonchev–Trinajstić information content (AvgIpc) is 3.10. The highest BCUT2D eigenvalue weighted by molar-refractivity contribution is 6.32. The van der Waals surface area contributed by atoms with Gasteiger partial charge in [0.25, 0.3) is 0 Å². The molecule has 3 rings (SSSR count). The molecule has 0 atom stereocenters. The summed E-state index contributed by atoms with van der Waals surface area (Å²) in [5, 5.41) is 16.3. The third-order valence-electron chi connectivity index (χ3n) is 4.07. The number of amides is 1. The molecule has 1 heterocycles. The minimum atomic E-state index is -1.05. The number of carbonyl (C=O) groups is 1. The third-order valence-corrected chi connectivity index (χ3v) is 4.37. The molecule has 2 aromatic carbocycles. The number of halogens is 1. The van der Waals surface area contributed by atoms with Gasteiger partial charge in [-0.05, 0) is 42.3 Å². The summed E-state index contributed by atoms with van der Waals surface area (Å²) in [6, 6.07) is 13.1. The first-order valence-corrected chi connectivity index (χ1v) is 8.32. The summed E-state index contributed by atoms with van der Waals surface area (Å²) in [5.41, 5.74) is 4.34. The Hall–Kier alpha value is -2.99. The van der Waals surface area contributed by atoms with Crippen molar-refractivity contribution in [2.45, 2.75) is 13.5 Å². The summed E-state index contributed by atoms with van der Waals surface area (Å²) in [6.07, 6.45) is 0.783. The molecule has 3 aromatic rings. The van der Waals surface area contributed by atoms with Gasteiger partial charge in [-0.3, -0.25) is 0 Å². The Kier molecular flexibility index (Phi) is 5.14. The monoisotopic (exact) mass is 371 g/mol. The summed E-state index contributed by atoms with van der Waals surface area (Å²) in [4.78, 5) is 10.7. The van der Waals surface area contributed by atoms with E-state index in [1.54, 1.807) is 17.9 Å². The van der Waals surface area contributed by atoms with Crippen LogP contribution < -0.4 is 10.1 Å². The first-order valence-electron chi connectivity index (χ1n) is 7.94.